The summed E-state index contributed by atoms with van der Waals surface area (Å²) in [7, 11) is 0. The van der Waals surface area contributed by atoms with Crippen LogP contribution in [0.2, 0.25) is 0 Å². The third-order valence-corrected chi connectivity index (χ3v) is 2.92. The number of amides is 1. The summed E-state index contributed by atoms with van der Waals surface area (Å²) in [6.07, 6.45) is 0. The Kier molecular flexibility index (Phi) is 4.59. The second kappa shape index (κ2) is 6.40. The first-order chi connectivity index (χ1) is 9.97. The summed E-state index contributed by atoms with van der Waals surface area (Å²) in [6, 6.07) is 3.20. The lowest BCUT2D eigenvalue weighted by molar-refractivity contribution is -0.384. The van der Waals surface area contributed by atoms with Gasteiger partial charge in [0.2, 0.25) is 0 Å². The van der Waals surface area contributed by atoms with Crippen molar-refractivity contribution in [2.24, 2.45) is 0 Å². The monoisotopic (exact) mass is 294 g/mol. The van der Waals surface area contributed by atoms with Crippen LogP contribution >= 0.6 is 0 Å². The summed E-state index contributed by atoms with van der Waals surface area (Å²) >= 11 is 0. The molecule has 0 fully saturated rings. The number of ether oxygens (including phenoxy) is 1. The van der Waals surface area contributed by atoms with E-state index in [2.05, 4.69) is 16.0 Å². The van der Waals surface area contributed by atoms with Crippen molar-refractivity contribution >= 4 is 23.0 Å². The van der Waals surface area contributed by atoms with Crippen LogP contribution in [0.25, 0.3) is 0 Å². The Balaban J connectivity index is 2.16. The number of fused-ring (bicyclic) bond motifs is 1. The van der Waals surface area contributed by atoms with Crippen LogP contribution in [0.5, 0.6) is 5.75 Å². The van der Waals surface area contributed by atoms with Crippen LogP contribution in [0.3, 0.4) is 0 Å². The van der Waals surface area contributed by atoms with Crippen LogP contribution in [0, 0.1) is 10.1 Å². The molecule has 1 aromatic rings. The Labute approximate surface area is 122 Å². The molecule has 0 spiro atoms. The van der Waals surface area contributed by atoms with E-state index in [1.807, 2.05) is 13.8 Å². The van der Waals surface area contributed by atoms with Crippen LogP contribution in [-0.2, 0) is 4.79 Å². The van der Waals surface area contributed by atoms with Gasteiger partial charge in [0.15, 0.2) is 12.4 Å². The SMILES string of the molecule is CC(C)NCCNc1cc2c(cc1[N+](=O)[O-])OCC(=O)N2. The number of carbonyl (C=O) groups is 1. The van der Waals surface area contributed by atoms with Gasteiger partial charge >= 0.3 is 0 Å². The largest absolute Gasteiger partial charge is 0.481 e. The molecule has 114 valence electrons. The van der Waals surface area contributed by atoms with Gasteiger partial charge in [0.25, 0.3) is 11.6 Å². The molecular formula is C13H18N4O4. The minimum atomic E-state index is -0.474. The zero-order valence-electron chi connectivity index (χ0n) is 11.9. The quantitative estimate of drug-likeness (QED) is 0.415. The molecule has 1 aliphatic rings. The number of nitrogens with one attached hydrogen (secondary N) is 3. The Morgan fingerprint density at radius 2 is 2.19 bits per heavy atom. The van der Waals surface area contributed by atoms with Gasteiger partial charge in [-0.3, -0.25) is 14.9 Å². The number of nitro benzene ring substituents is 1. The number of nitrogens with zero attached hydrogens (tertiary/aromatic N) is 1. The van der Waals surface area contributed by atoms with Gasteiger partial charge in [-0.05, 0) is 6.07 Å². The fourth-order valence-electron chi connectivity index (χ4n) is 1.97. The Bertz CT molecular complexity index is 559. The zero-order chi connectivity index (χ0) is 15.4. The molecule has 1 aromatic carbocycles. The molecule has 0 bridgehead atoms. The molecule has 21 heavy (non-hydrogen) atoms. The summed E-state index contributed by atoms with van der Waals surface area (Å²) < 4.78 is 5.18. The lowest BCUT2D eigenvalue weighted by Gasteiger charge is -2.19. The average Bonchev–Trinajstić information content (AvgIpc) is 2.42. The third kappa shape index (κ3) is 3.82. The van der Waals surface area contributed by atoms with Crippen molar-refractivity contribution in [3.05, 3.63) is 22.2 Å². The van der Waals surface area contributed by atoms with Crippen LogP contribution in [0.4, 0.5) is 17.1 Å². The van der Waals surface area contributed by atoms with Crippen LogP contribution < -0.4 is 20.7 Å². The Morgan fingerprint density at radius 3 is 2.86 bits per heavy atom. The van der Waals surface area contributed by atoms with E-state index in [9.17, 15) is 14.9 Å². The lowest BCUT2D eigenvalue weighted by Crippen LogP contribution is -2.28. The molecule has 0 saturated heterocycles. The number of carbonyl (C=O) groups excluding carboxylic acids is 1. The molecule has 1 amide bonds. The smallest absolute Gasteiger partial charge is 0.296 e. The number of rotatable bonds is 6. The standard InChI is InChI=1S/C13H18N4O4/c1-8(2)14-3-4-15-9-5-10-12(6-11(9)17(19)20)21-7-13(18)16-10/h5-6,8,14-15H,3-4,7H2,1-2H3,(H,16,18). The summed E-state index contributed by atoms with van der Waals surface area (Å²) in [4.78, 5) is 21.9. The third-order valence-electron chi connectivity index (χ3n) is 2.92. The molecule has 3 N–H and O–H groups in total. The zero-order valence-corrected chi connectivity index (χ0v) is 11.9. The molecule has 0 unspecified atom stereocenters. The summed E-state index contributed by atoms with van der Waals surface area (Å²) in [5.74, 6) is 0.0379. The Morgan fingerprint density at radius 1 is 1.43 bits per heavy atom. The molecule has 0 aliphatic carbocycles. The molecule has 8 nitrogen and oxygen atoms in total. The molecule has 1 aliphatic heterocycles. The minimum absolute atomic E-state index is 0.0746. The van der Waals surface area contributed by atoms with E-state index < -0.39 is 4.92 Å². The van der Waals surface area contributed by atoms with Gasteiger partial charge in [0.1, 0.15) is 5.69 Å². The van der Waals surface area contributed by atoms with E-state index in [1.165, 1.54) is 12.1 Å². The van der Waals surface area contributed by atoms with Crippen molar-refractivity contribution < 1.29 is 14.5 Å². The topological polar surface area (TPSA) is 106 Å². The van der Waals surface area contributed by atoms with Gasteiger partial charge < -0.3 is 20.7 Å². The maximum atomic E-state index is 11.3. The van der Waals surface area contributed by atoms with E-state index in [0.717, 1.165) is 0 Å². The highest BCUT2D eigenvalue weighted by Crippen LogP contribution is 2.37. The molecule has 2 rings (SSSR count). The first-order valence-corrected chi connectivity index (χ1v) is 6.69. The van der Waals surface area contributed by atoms with Gasteiger partial charge in [0, 0.05) is 19.1 Å². The lowest BCUT2D eigenvalue weighted by atomic mass is 10.2. The summed E-state index contributed by atoms with van der Waals surface area (Å²) in [5.41, 5.74) is 0.723. The molecule has 0 aromatic heterocycles. The normalized spacial score (nSPS) is 13.4. The van der Waals surface area contributed by atoms with Crippen LogP contribution in [0.15, 0.2) is 12.1 Å². The van der Waals surface area contributed by atoms with E-state index in [4.69, 9.17) is 4.74 Å². The fourth-order valence-corrected chi connectivity index (χ4v) is 1.97. The summed E-state index contributed by atoms with van der Waals surface area (Å²) in [5, 5.41) is 20.0. The van der Waals surface area contributed by atoms with Crippen molar-refractivity contribution in [3.8, 4) is 5.75 Å². The van der Waals surface area contributed by atoms with Crippen molar-refractivity contribution in [2.45, 2.75) is 19.9 Å². The molecule has 0 atom stereocenters. The predicted octanol–water partition coefficient (Wildman–Crippen LogP) is 1.34. The molecule has 1 heterocycles. The van der Waals surface area contributed by atoms with E-state index >= 15 is 0 Å². The van der Waals surface area contributed by atoms with E-state index in [0.29, 0.717) is 36.3 Å². The van der Waals surface area contributed by atoms with Gasteiger partial charge in [-0.25, -0.2) is 0 Å². The second-order valence-corrected chi connectivity index (χ2v) is 5.00. The van der Waals surface area contributed by atoms with Gasteiger partial charge in [0.05, 0.1) is 16.7 Å². The molecular weight excluding hydrogens is 276 g/mol. The number of anilines is 2. The van der Waals surface area contributed by atoms with Gasteiger partial charge in [-0.15, -0.1) is 0 Å². The van der Waals surface area contributed by atoms with Crippen molar-refractivity contribution in [2.75, 3.05) is 30.3 Å². The summed E-state index contributed by atoms with van der Waals surface area (Å²) in [6.45, 7) is 5.12. The van der Waals surface area contributed by atoms with Crippen LogP contribution in [0.1, 0.15) is 13.8 Å². The van der Waals surface area contributed by atoms with Crippen molar-refractivity contribution in [3.63, 3.8) is 0 Å². The number of nitro groups is 1. The van der Waals surface area contributed by atoms with Crippen molar-refractivity contribution in [1.29, 1.82) is 0 Å². The van der Waals surface area contributed by atoms with Gasteiger partial charge in [-0.1, -0.05) is 13.8 Å². The predicted molar refractivity (Wildman–Crippen MR) is 78.8 cm³/mol. The highest BCUT2D eigenvalue weighted by molar-refractivity contribution is 5.96. The first-order valence-electron chi connectivity index (χ1n) is 6.69. The number of benzene rings is 1. The van der Waals surface area contributed by atoms with E-state index in [-0.39, 0.29) is 18.2 Å². The second-order valence-electron chi connectivity index (χ2n) is 5.00. The number of hydrogen-bond acceptors (Lipinski definition) is 6. The maximum absolute atomic E-state index is 11.3. The van der Waals surface area contributed by atoms with Crippen LogP contribution in [-0.4, -0.2) is 36.6 Å². The minimum Gasteiger partial charge on any atom is -0.481 e. The average molecular weight is 294 g/mol. The Hall–Kier alpha value is -2.35. The maximum Gasteiger partial charge on any atom is 0.296 e. The fraction of sp³-hybridized carbons (Fsp3) is 0.462. The molecule has 0 radical (unpaired) electrons. The highest BCUT2D eigenvalue weighted by Gasteiger charge is 2.23. The highest BCUT2D eigenvalue weighted by atomic mass is 16.6. The number of hydrogen-bond donors (Lipinski definition) is 3. The molecule has 0 saturated carbocycles. The first kappa shape index (κ1) is 15.0. The van der Waals surface area contributed by atoms with Gasteiger partial charge in [-0.2, -0.15) is 0 Å². The molecule has 8 heteroatoms. The van der Waals surface area contributed by atoms with Crippen molar-refractivity contribution in [1.82, 2.24) is 5.32 Å². The van der Waals surface area contributed by atoms with E-state index in [1.54, 1.807) is 0 Å².